The van der Waals surface area contributed by atoms with E-state index >= 15 is 0 Å². The molecule has 2 atom stereocenters. The molecule has 0 aromatic carbocycles. The average Bonchev–Trinajstić information content (AvgIpc) is 2.01. The first-order valence-corrected chi connectivity index (χ1v) is 5.73. The summed E-state index contributed by atoms with van der Waals surface area (Å²) in [5.41, 5.74) is 0. The van der Waals surface area contributed by atoms with Gasteiger partial charge in [-0.15, -0.1) is 6.58 Å². The van der Waals surface area contributed by atoms with Crippen LogP contribution >= 0.6 is 0 Å². The molecule has 78 valence electrons. The number of hydrogen-bond donors (Lipinski definition) is 1. The molecular weight excluding hydrogens is 190 g/mol. The first-order chi connectivity index (χ1) is 5.97. The Hall–Kier alpha value is -0.390. The van der Waals surface area contributed by atoms with E-state index in [4.69, 9.17) is 9.88 Å². The first kappa shape index (κ1) is 12.6. The van der Waals surface area contributed by atoms with Crippen LogP contribution in [0.2, 0.25) is 0 Å². The fourth-order valence-electron chi connectivity index (χ4n) is 1.27. The summed E-state index contributed by atoms with van der Waals surface area (Å²) in [5, 5.41) is 4.41. The lowest BCUT2D eigenvalue weighted by Gasteiger charge is -2.21. The summed E-state index contributed by atoms with van der Waals surface area (Å²) in [7, 11) is -2.05. The Labute approximate surface area is 79.8 Å². The van der Waals surface area contributed by atoms with Gasteiger partial charge in [0, 0.05) is 7.11 Å². The van der Waals surface area contributed by atoms with Crippen LogP contribution in [0.3, 0.4) is 0 Å². The minimum absolute atomic E-state index is 0.391. The van der Waals surface area contributed by atoms with Gasteiger partial charge in [0.15, 0.2) is 0 Å². The van der Waals surface area contributed by atoms with E-state index in [9.17, 15) is 8.42 Å². The van der Waals surface area contributed by atoms with Crippen molar-refractivity contribution >= 4 is 10.0 Å². The molecule has 0 saturated heterocycles. The van der Waals surface area contributed by atoms with Crippen LogP contribution in [0.1, 0.15) is 19.8 Å². The molecule has 0 aliphatic rings. The van der Waals surface area contributed by atoms with Gasteiger partial charge in [-0.3, -0.25) is 0 Å². The molecule has 0 aromatic heterocycles. The normalized spacial score (nSPS) is 16.5. The molecular formula is C8H17NO3S. The minimum atomic E-state index is -3.52. The molecule has 0 fully saturated rings. The van der Waals surface area contributed by atoms with Gasteiger partial charge >= 0.3 is 0 Å². The van der Waals surface area contributed by atoms with E-state index in [2.05, 4.69) is 6.58 Å². The molecule has 0 spiro atoms. The van der Waals surface area contributed by atoms with Crippen LogP contribution in [0.15, 0.2) is 12.7 Å². The van der Waals surface area contributed by atoms with Crippen molar-refractivity contribution in [3.8, 4) is 0 Å². The van der Waals surface area contributed by atoms with Crippen LogP contribution in [-0.4, -0.2) is 26.9 Å². The van der Waals surface area contributed by atoms with Crippen LogP contribution in [0.4, 0.5) is 0 Å². The number of rotatable bonds is 6. The second kappa shape index (κ2) is 5.36. The molecule has 0 bridgehead atoms. The lowest BCUT2D eigenvalue weighted by molar-refractivity contribution is 0.0996. The molecule has 0 amide bonds. The third-order valence-corrected chi connectivity index (χ3v) is 3.42. The smallest absolute Gasteiger partial charge is 0.214 e. The number of sulfonamides is 1. The molecule has 13 heavy (non-hydrogen) atoms. The van der Waals surface area contributed by atoms with Gasteiger partial charge in [0.2, 0.25) is 10.0 Å². The summed E-state index contributed by atoms with van der Waals surface area (Å²) in [6, 6.07) is 0. The molecule has 0 heterocycles. The molecule has 0 radical (unpaired) electrons. The molecule has 2 N–H and O–H groups in total. The van der Waals surface area contributed by atoms with Crippen LogP contribution < -0.4 is 5.14 Å². The van der Waals surface area contributed by atoms with Crippen molar-refractivity contribution in [2.45, 2.75) is 31.1 Å². The van der Waals surface area contributed by atoms with E-state index in [1.165, 1.54) is 7.11 Å². The van der Waals surface area contributed by atoms with Gasteiger partial charge in [-0.25, -0.2) is 13.6 Å². The predicted molar refractivity (Wildman–Crippen MR) is 52.8 cm³/mol. The zero-order valence-electron chi connectivity index (χ0n) is 8.06. The lowest BCUT2D eigenvalue weighted by atomic mass is 10.1. The Kier molecular flexibility index (Phi) is 5.20. The number of methoxy groups -OCH3 is 1. The topological polar surface area (TPSA) is 69.4 Å². The average molecular weight is 207 g/mol. The van der Waals surface area contributed by atoms with E-state index < -0.39 is 21.4 Å². The van der Waals surface area contributed by atoms with Crippen LogP contribution in [0.25, 0.3) is 0 Å². The summed E-state index contributed by atoms with van der Waals surface area (Å²) in [4.78, 5) is 0. The highest BCUT2D eigenvalue weighted by molar-refractivity contribution is 7.89. The second-order valence-corrected chi connectivity index (χ2v) is 4.62. The van der Waals surface area contributed by atoms with Gasteiger partial charge in [-0.1, -0.05) is 13.0 Å². The van der Waals surface area contributed by atoms with E-state index in [0.717, 1.165) is 0 Å². The van der Waals surface area contributed by atoms with Gasteiger partial charge < -0.3 is 4.74 Å². The maximum absolute atomic E-state index is 11.1. The van der Waals surface area contributed by atoms with Gasteiger partial charge in [-0.05, 0) is 12.8 Å². The van der Waals surface area contributed by atoms with Crippen molar-refractivity contribution in [2.24, 2.45) is 5.14 Å². The van der Waals surface area contributed by atoms with Gasteiger partial charge in [0.05, 0.1) is 6.10 Å². The fourth-order valence-corrected chi connectivity index (χ4v) is 2.38. The molecule has 0 aliphatic carbocycles. The van der Waals surface area contributed by atoms with E-state index in [1.54, 1.807) is 13.0 Å². The van der Waals surface area contributed by atoms with Crippen molar-refractivity contribution in [1.29, 1.82) is 0 Å². The number of hydrogen-bond acceptors (Lipinski definition) is 3. The molecule has 2 unspecified atom stereocenters. The Morgan fingerprint density at radius 3 is 2.38 bits per heavy atom. The Bertz CT molecular complexity index is 248. The van der Waals surface area contributed by atoms with Crippen molar-refractivity contribution in [1.82, 2.24) is 0 Å². The molecule has 0 aliphatic heterocycles. The summed E-state index contributed by atoms with van der Waals surface area (Å²) < 4.78 is 27.2. The van der Waals surface area contributed by atoms with Crippen LogP contribution in [-0.2, 0) is 14.8 Å². The molecule has 0 aromatic rings. The zero-order valence-corrected chi connectivity index (χ0v) is 8.88. The Morgan fingerprint density at radius 2 is 2.15 bits per heavy atom. The van der Waals surface area contributed by atoms with E-state index in [1.807, 2.05) is 0 Å². The molecule has 4 nitrogen and oxygen atoms in total. The quantitative estimate of drug-likeness (QED) is 0.650. The number of primary sulfonamides is 1. The maximum Gasteiger partial charge on any atom is 0.214 e. The zero-order chi connectivity index (χ0) is 10.5. The van der Waals surface area contributed by atoms with Gasteiger partial charge in [-0.2, -0.15) is 0 Å². The Balaban J connectivity index is 4.62. The minimum Gasteiger partial charge on any atom is -0.380 e. The first-order valence-electron chi connectivity index (χ1n) is 4.12. The second-order valence-electron chi connectivity index (χ2n) is 2.83. The summed E-state index contributed by atoms with van der Waals surface area (Å²) >= 11 is 0. The maximum atomic E-state index is 11.1. The highest BCUT2D eigenvalue weighted by Crippen LogP contribution is 2.13. The molecule has 0 rings (SSSR count). The van der Waals surface area contributed by atoms with Crippen LogP contribution in [0, 0.1) is 0 Å². The summed E-state index contributed by atoms with van der Waals surface area (Å²) in [6.07, 6.45) is 2.18. The SMILES string of the molecule is C=CCC(OC)C(CC)S(N)(=O)=O. The lowest BCUT2D eigenvalue weighted by Crippen LogP contribution is -2.39. The van der Waals surface area contributed by atoms with Crippen molar-refractivity contribution < 1.29 is 13.2 Å². The highest BCUT2D eigenvalue weighted by atomic mass is 32.2. The third-order valence-electron chi connectivity index (χ3n) is 1.94. The summed E-state index contributed by atoms with van der Waals surface area (Å²) in [5.74, 6) is 0. The van der Waals surface area contributed by atoms with Gasteiger partial charge in [0.1, 0.15) is 5.25 Å². The molecule has 0 saturated carbocycles. The van der Waals surface area contributed by atoms with Crippen LogP contribution in [0.5, 0.6) is 0 Å². The summed E-state index contributed by atoms with van der Waals surface area (Å²) in [6.45, 7) is 5.30. The van der Waals surface area contributed by atoms with Crippen molar-refractivity contribution in [2.75, 3.05) is 7.11 Å². The van der Waals surface area contributed by atoms with E-state index in [-0.39, 0.29) is 0 Å². The monoisotopic (exact) mass is 207 g/mol. The molecule has 5 heteroatoms. The van der Waals surface area contributed by atoms with E-state index in [0.29, 0.717) is 12.8 Å². The van der Waals surface area contributed by atoms with Gasteiger partial charge in [0.25, 0.3) is 0 Å². The number of nitrogens with two attached hydrogens (primary N) is 1. The predicted octanol–water partition coefficient (Wildman–Crippen LogP) is 0.645. The fraction of sp³-hybridized carbons (Fsp3) is 0.750. The highest BCUT2D eigenvalue weighted by Gasteiger charge is 2.28. The van der Waals surface area contributed by atoms with Crippen molar-refractivity contribution in [3.05, 3.63) is 12.7 Å². The van der Waals surface area contributed by atoms with Crippen molar-refractivity contribution in [3.63, 3.8) is 0 Å². The Morgan fingerprint density at radius 1 is 1.62 bits per heavy atom. The largest absolute Gasteiger partial charge is 0.380 e. The number of ether oxygens (including phenoxy) is 1. The third kappa shape index (κ3) is 3.89. The standard InChI is InChI=1S/C8H17NO3S/c1-4-6-7(12-3)8(5-2)13(9,10)11/h4,7-8H,1,5-6H2,2-3H3,(H2,9,10,11).